The Hall–Kier alpha value is -1.80. The van der Waals surface area contributed by atoms with Crippen molar-refractivity contribution >= 4 is 5.91 Å². The highest BCUT2D eigenvalue weighted by molar-refractivity contribution is 5.83. The van der Waals surface area contributed by atoms with Crippen molar-refractivity contribution in [3.63, 3.8) is 0 Å². The van der Waals surface area contributed by atoms with Crippen molar-refractivity contribution in [2.24, 2.45) is 0 Å². The molecule has 0 radical (unpaired) electrons. The molecule has 174 valence electrons. The van der Waals surface area contributed by atoms with Crippen LogP contribution in [0.25, 0.3) is 0 Å². The molecular formula is C8HF17N2O2. The molecule has 1 amide bonds. The molecule has 0 unspecified atom stereocenters. The lowest BCUT2D eigenvalue weighted by Gasteiger charge is -2.41. The van der Waals surface area contributed by atoms with Crippen LogP contribution in [0.2, 0.25) is 0 Å². The SMILES string of the molecule is O=C(N[N+]([O-])(F)F)C(F)(F)C(F)(F)C(F)(F)C(F)(F)C(F)(F)C(F)(F)C(F)(F)F. The highest BCUT2D eigenvalue weighted by Gasteiger charge is 2.94. The first kappa shape index (κ1) is 27.2. The van der Waals surface area contributed by atoms with Gasteiger partial charge in [0, 0.05) is 0 Å². The van der Waals surface area contributed by atoms with Crippen LogP contribution in [-0.4, -0.2) is 52.8 Å². The van der Waals surface area contributed by atoms with E-state index in [9.17, 15) is 84.8 Å². The van der Waals surface area contributed by atoms with Gasteiger partial charge in [0.25, 0.3) is 0 Å². The molecule has 0 saturated heterocycles. The lowest BCUT2D eigenvalue weighted by Crippen LogP contribution is -2.74. The van der Waals surface area contributed by atoms with Gasteiger partial charge in [0.1, 0.15) is 5.20 Å². The zero-order chi connectivity index (χ0) is 24.3. The summed E-state index contributed by atoms with van der Waals surface area (Å²) in [6.45, 7) is 0. The van der Waals surface area contributed by atoms with Crippen LogP contribution >= 0.6 is 0 Å². The average molecular weight is 480 g/mol. The number of quaternary nitrogens is 1. The third kappa shape index (κ3) is 3.84. The van der Waals surface area contributed by atoms with Crippen molar-refractivity contribution in [1.29, 1.82) is 0 Å². The average Bonchev–Trinajstić information content (AvgIpc) is 2.42. The Bertz CT molecular complexity index is 632. The second-order valence-electron chi connectivity index (χ2n) is 4.85. The molecule has 4 nitrogen and oxygen atoms in total. The fourth-order valence-electron chi connectivity index (χ4n) is 1.30. The van der Waals surface area contributed by atoms with E-state index >= 15 is 0 Å². The topological polar surface area (TPSA) is 52.2 Å². The van der Waals surface area contributed by atoms with Gasteiger partial charge in [0.05, 0.1) is 8.96 Å². The lowest BCUT2D eigenvalue weighted by atomic mass is 9.91. The highest BCUT2D eigenvalue weighted by Crippen LogP contribution is 2.62. The summed E-state index contributed by atoms with van der Waals surface area (Å²) in [5, 5.41) is 4.06. The van der Waals surface area contributed by atoms with Gasteiger partial charge in [-0.1, -0.05) is 0 Å². The summed E-state index contributed by atoms with van der Waals surface area (Å²) < 4.78 is 213. The van der Waals surface area contributed by atoms with Crippen LogP contribution in [0.3, 0.4) is 0 Å². The number of nitrogens with zero attached hydrogens (tertiary/aromatic N) is 1. The molecule has 0 aromatic heterocycles. The number of carbonyl (C=O) groups excluding carboxylic acids is 1. The molecule has 0 aliphatic rings. The van der Waals surface area contributed by atoms with Crippen molar-refractivity contribution in [3.8, 4) is 0 Å². The Morgan fingerprint density at radius 3 is 1.14 bits per heavy atom. The van der Waals surface area contributed by atoms with E-state index in [1.54, 1.807) is 0 Å². The zero-order valence-corrected chi connectivity index (χ0v) is 12.2. The molecule has 0 heterocycles. The van der Waals surface area contributed by atoms with Gasteiger partial charge in [-0.15, -0.1) is 5.43 Å². The molecule has 0 aromatic rings. The second kappa shape index (κ2) is 6.60. The molecule has 21 heteroatoms. The van der Waals surface area contributed by atoms with E-state index in [1.807, 2.05) is 0 Å². The summed E-state index contributed by atoms with van der Waals surface area (Å²) in [4.78, 5) is 10.4. The van der Waals surface area contributed by atoms with Crippen LogP contribution in [0.5, 0.6) is 0 Å². The molecule has 0 fully saturated rings. The van der Waals surface area contributed by atoms with Gasteiger partial charge in [-0.3, -0.25) is 4.79 Å². The molecule has 0 spiro atoms. The van der Waals surface area contributed by atoms with Crippen molar-refractivity contribution in [2.75, 3.05) is 0 Å². The number of alkyl halides is 15. The van der Waals surface area contributed by atoms with Gasteiger partial charge in [0.2, 0.25) is 0 Å². The van der Waals surface area contributed by atoms with Crippen molar-refractivity contribution in [3.05, 3.63) is 5.21 Å². The Labute approximate surface area is 144 Å². The number of rotatable bonds is 7. The maximum atomic E-state index is 13.1. The highest BCUT2D eigenvalue weighted by atomic mass is 19.4. The third-order valence-corrected chi connectivity index (χ3v) is 2.84. The van der Waals surface area contributed by atoms with Gasteiger partial charge in [0.15, 0.2) is 0 Å². The summed E-state index contributed by atoms with van der Waals surface area (Å²) in [5.74, 6) is -54.5. The minimum Gasteiger partial charge on any atom is -0.525 e. The fourth-order valence-corrected chi connectivity index (χ4v) is 1.30. The Morgan fingerprint density at radius 2 is 0.862 bits per heavy atom. The second-order valence-corrected chi connectivity index (χ2v) is 4.85. The molecule has 0 atom stereocenters. The van der Waals surface area contributed by atoms with E-state index in [-0.39, 0.29) is 0 Å². The van der Waals surface area contributed by atoms with Crippen LogP contribution in [0.15, 0.2) is 0 Å². The van der Waals surface area contributed by atoms with E-state index in [0.29, 0.717) is 0 Å². The lowest BCUT2D eigenvalue weighted by molar-refractivity contribution is -1.16. The van der Waals surface area contributed by atoms with Crippen LogP contribution in [0.1, 0.15) is 0 Å². The fraction of sp³-hybridized carbons (Fsp3) is 0.875. The van der Waals surface area contributed by atoms with Crippen LogP contribution < -0.4 is 5.43 Å². The molecule has 0 bridgehead atoms. The van der Waals surface area contributed by atoms with Crippen molar-refractivity contribution in [1.82, 2.24) is 5.43 Å². The van der Waals surface area contributed by atoms with Gasteiger partial charge in [-0.2, -0.15) is 65.9 Å². The van der Waals surface area contributed by atoms with Gasteiger partial charge in [-0.05, 0) is 0 Å². The van der Waals surface area contributed by atoms with E-state index < -0.39 is 58.2 Å². The molecule has 0 aromatic carbocycles. The molecule has 0 rings (SSSR count). The molecular weight excluding hydrogens is 479 g/mol. The molecule has 1 N–H and O–H groups in total. The standard InChI is InChI=1S/C8HF17N2O2/c9-2(10,1(28)26-27(24,25)29)3(11,12)4(13,14)5(15,16)6(17,18)7(19,20)8(21,22)23/h(H,26,28). The first-order valence-electron chi connectivity index (χ1n) is 5.78. The third-order valence-electron chi connectivity index (χ3n) is 2.84. The quantitative estimate of drug-likeness (QED) is 0.332. The minimum absolute atomic E-state index is 1.03. The number of hydrogen-bond donors (Lipinski definition) is 1. The van der Waals surface area contributed by atoms with E-state index in [0.717, 1.165) is 0 Å². The van der Waals surface area contributed by atoms with E-state index in [2.05, 4.69) is 0 Å². The summed E-state index contributed by atoms with van der Waals surface area (Å²) in [5.41, 5.74) is -1.03. The molecule has 0 aliphatic carbocycles. The van der Waals surface area contributed by atoms with E-state index in [4.69, 9.17) is 0 Å². The Balaban J connectivity index is 6.54. The van der Waals surface area contributed by atoms with E-state index in [1.165, 1.54) is 0 Å². The smallest absolute Gasteiger partial charge is 0.460 e. The summed E-state index contributed by atoms with van der Waals surface area (Å²) in [7, 11) is 0. The van der Waals surface area contributed by atoms with Crippen molar-refractivity contribution in [2.45, 2.75) is 41.7 Å². The molecule has 0 aliphatic heterocycles. The Morgan fingerprint density at radius 1 is 0.586 bits per heavy atom. The van der Waals surface area contributed by atoms with Crippen LogP contribution in [0.4, 0.5) is 74.8 Å². The summed E-state index contributed by atoms with van der Waals surface area (Å²) in [6.07, 6.45) is -7.81. The van der Waals surface area contributed by atoms with Gasteiger partial charge < -0.3 is 5.21 Å². The van der Waals surface area contributed by atoms with Crippen LogP contribution in [0, 0.1) is 5.21 Å². The Kier molecular flexibility index (Phi) is 6.19. The predicted octanol–water partition coefficient (Wildman–Crippen LogP) is 4.48. The molecule has 29 heavy (non-hydrogen) atoms. The first-order chi connectivity index (χ1) is 12.1. The maximum Gasteiger partial charge on any atom is 0.460 e. The normalized spacial score (nSPS) is 16.1. The number of hydrogen-bond acceptors (Lipinski definition) is 2. The molecule has 0 saturated carbocycles. The summed E-state index contributed by atoms with van der Waals surface area (Å²) in [6, 6.07) is 0. The summed E-state index contributed by atoms with van der Waals surface area (Å²) >= 11 is 0. The monoisotopic (exact) mass is 480 g/mol. The number of amides is 1. The van der Waals surface area contributed by atoms with Crippen molar-refractivity contribution < 1.29 is 84.8 Å². The predicted molar refractivity (Wildman–Crippen MR) is 49.7 cm³/mol. The largest absolute Gasteiger partial charge is 0.525 e. The maximum absolute atomic E-state index is 13.1. The number of nitrogens with one attached hydrogen (secondary N) is 1. The number of halogens is 17. The first-order valence-corrected chi connectivity index (χ1v) is 5.78. The minimum atomic E-state index is -8.68. The zero-order valence-electron chi connectivity index (χ0n) is 12.2. The van der Waals surface area contributed by atoms with Gasteiger partial charge >= 0.3 is 47.6 Å². The van der Waals surface area contributed by atoms with Crippen LogP contribution in [-0.2, 0) is 4.79 Å². The number of carbonyl (C=O) groups is 1. The van der Waals surface area contributed by atoms with Gasteiger partial charge in [-0.25, -0.2) is 0 Å².